The number of hydrogen-bond acceptors (Lipinski definition) is 5. The van der Waals surface area contributed by atoms with Crippen molar-refractivity contribution in [1.82, 2.24) is 9.88 Å². The second-order valence-corrected chi connectivity index (χ2v) is 5.17. The minimum absolute atomic E-state index is 0.0886. The molecule has 2 rings (SSSR count). The monoisotopic (exact) mass is 277 g/mol. The quantitative estimate of drug-likeness (QED) is 0.373. The van der Waals surface area contributed by atoms with Crippen LogP contribution >= 0.6 is 0 Å². The molecule has 0 aliphatic carbocycles. The van der Waals surface area contributed by atoms with Crippen molar-refractivity contribution in [3.05, 3.63) is 23.9 Å². The molecule has 1 aromatic rings. The SMILES string of the molecule is CCC(C)N1CCN(c2ccc(C(N)=NO)cn2)CC1. The molecule has 1 unspecified atom stereocenters. The summed E-state index contributed by atoms with van der Waals surface area (Å²) in [6.07, 6.45) is 2.83. The number of nitrogens with zero attached hydrogens (tertiary/aromatic N) is 4. The van der Waals surface area contributed by atoms with Gasteiger partial charge in [0.05, 0.1) is 0 Å². The van der Waals surface area contributed by atoms with E-state index in [4.69, 9.17) is 10.9 Å². The Hall–Kier alpha value is -1.82. The van der Waals surface area contributed by atoms with E-state index in [1.165, 1.54) is 6.42 Å². The van der Waals surface area contributed by atoms with Crippen molar-refractivity contribution in [1.29, 1.82) is 0 Å². The van der Waals surface area contributed by atoms with Crippen molar-refractivity contribution in [2.24, 2.45) is 10.9 Å². The number of aromatic nitrogens is 1. The van der Waals surface area contributed by atoms with Crippen molar-refractivity contribution in [3.63, 3.8) is 0 Å². The van der Waals surface area contributed by atoms with Crippen LogP contribution in [0.4, 0.5) is 5.82 Å². The molecular formula is C14H23N5O. The number of nitrogens with two attached hydrogens (primary N) is 1. The second-order valence-electron chi connectivity index (χ2n) is 5.17. The molecule has 0 aromatic carbocycles. The number of rotatable bonds is 4. The van der Waals surface area contributed by atoms with Gasteiger partial charge in [-0.25, -0.2) is 4.98 Å². The molecule has 20 heavy (non-hydrogen) atoms. The Labute approximate surface area is 119 Å². The number of oxime groups is 1. The average molecular weight is 277 g/mol. The molecule has 1 aliphatic rings. The lowest BCUT2D eigenvalue weighted by atomic mass is 10.2. The van der Waals surface area contributed by atoms with Crippen molar-refractivity contribution in [2.75, 3.05) is 31.1 Å². The average Bonchev–Trinajstić information content (AvgIpc) is 2.53. The Morgan fingerprint density at radius 2 is 2.10 bits per heavy atom. The summed E-state index contributed by atoms with van der Waals surface area (Å²) >= 11 is 0. The Morgan fingerprint density at radius 3 is 2.60 bits per heavy atom. The van der Waals surface area contributed by atoms with Gasteiger partial charge < -0.3 is 15.8 Å². The number of amidine groups is 1. The Bertz CT molecular complexity index is 451. The van der Waals surface area contributed by atoms with Gasteiger partial charge in [-0.2, -0.15) is 0 Å². The highest BCUT2D eigenvalue weighted by molar-refractivity contribution is 5.96. The highest BCUT2D eigenvalue weighted by atomic mass is 16.4. The van der Waals surface area contributed by atoms with Gasteiger partial charge in [-0.05, 0) is 25.5 Å². The molecule has 0 radical (unpaired) electrons. The molecule has 0 spiro atoms. The van der Waals surface area contributed by atoms with Gasteiger partial charge in [0.25, 0.3) is 0 Å². The minimum atomic E-state index is 0.0886. The maximum Gasteiger partial charge on any atom is 0.171 e. The first-order chi connectivity index (χ1) is 9.65. The molecule has 6 heteroatoms. The zero-order valence-corrected chi connectivity index (χ0v) is 12.2. The fourth-order valence-electron chi connectivity index (χ4n) is 2.43. The summed E-state index contributed by atoms with van der Waals surface area (Å²) in [5, 5.41) is 11.6. The molecule has 3 N–H and O–H groups in total. The molecule has 1 aliphatic heterocycles. The van der Waals surface area contributed by atoms with E-state index in [1.807, 2.05) is 12.1 Å². The summed E-state index contributed by atoms with van der Waals surface area (Å²) in [4.78, 5) is 9.18. The highest BCUT2D eigenvalue weighted by Gasteiger charge is 2.20. The third-order valence-electron chi connectivity index (χ3n) is 4.00. The Kier molecular flexibility index (Phi) is 4.79. The van der Waals surface area contributed by atoms with E-state index < -0.39 is 0 Å². The van der Waals surface area contributed by atoms with E-state index in [2.05, 4.69) is 33.8 Å². The van der Waals surface area contributed by atoms with Crippen LogP contribution in [0.15, 0.2) is 23.5 Å². The molecule has 6 nitrogen and oxygen atoms in total. The van der Waals surface area contributed by atoms with Gasteiger partial charge in [0.15, 0.2) is 5.84 Å². The topological polar surface area (TPSA) is 78.0 Å². The van der Waals surface area contributed by atoms with Gasteiger partial charge in [-0.3, -0.25) is 4.90 Å². The molecule has 0 saturated carbocycles. The largest absolute Gasteiger partial charge is 0.409 e. The van der Waals surface area contributed by atoms with Crippen LogP contribution in [0.1, 0.15) is 25.8 Å². The molecule has 1 aromatic heterocycles. The zero-order valence-electron chi connectivity index (χ0n) is 12.2. The van der Waals surface area contributed by atoms with E-state index in [9.17, 15) is 0 Å². The van der Waals surface area contributed by atoms with Crippen molar-refractivity contribution in [2.45, 2.75) is 26.3 Å². The van der Waals surface area contributed by atoms with Crippen molar-refractivity contribution < 1.29 is 5.21 Å². The van der Waals surface area contributed by atoms with E-state index in [1.54, 1.807) is 6.20 Å². The lowest BCUT2D eigenvalue weighted by molar-refractivity contribution is 0.192. The normalized spacial score (nSPS) is 19.1. The summed E-state index contributed by atoms with van der Waals surface area (Å²) in [5.41, 5.74) is 6.16. The summed E-state index contributed by atoms with van der Waals surface area (Å²) < 4.78 is 0. The maximum absolute atomic E-state index is 8.63. The van der Waals surface area contributed by atoms with Crippen molar-refractivity contribution in [3.8, 4) is 0 Å². The van der Waals surface area contributed by atoms with Crippen LogP contribution in [0.25, 0.3) is 0 Å². The van der Waals surface area contributed by atoms with Gasteiger partial charge >= 0.3 is 0 Å². The molecule has 2 heterocycles. The fourth-order valence-corrected chi connectivity index (χ4v) is 2.43. The number of pyridine rings is 1. The molecular weight excluding hydrogens is 254 g/mol. The van der Waals surface area contributed by atoms with E-state index >= 15 is 0 Å². The number of hydrogen-bond donors (Lipinski definition) is 2. The third kappa shape index (κ3) is 3.19. The van der Waals surface area contributed by atoms with Crippen LogP contribution in [-0.2, 0) is 0 Å². The minimum Gasteiger partial charge on any atom is -0.409 e. The van der Waals surface area contributed by atoms with Gasteiger partial charge in [0, 0.05) is 44.0 Å². The summed E-state index contributed by atoms with van der Waals surface area (Å²) in [5.74, 6) is 1.04. The lowest BCUT2D eigenvalue weighted by Crippen LogP contribution is -2.49. The molecule has 1 saturated heterocycles. The third-order valence-corrected chi connectivity index (χ3v) is 4.00. The van der Waals surface area contributed by atoms with Gasteiger partial charge in [-0.1, -0.05) is 12.1 Å². The lowest BCUT2D eigenvalue weighted by Gasteiger charge is -2.38. The summed E-state index contributed by atoms with van der Waals surface area (Å²) in [7, 11) is 0. The predicted octanol–water partition coefficient (Wildman–Crippen LogP) is 1.10. The van der Waals surface area contributed by atoms with Crippen LogP contribution in [0.3, 0.4) is 0 Å². The van der Waals surface area contributed by atoms with E-state index in [0.717, 1.165) is 32.0 Å². The molecule has 0 amide bonds. The van der Waals surface area contributed by atoms with Crippen LogP contribution in [-0.4, -0.2) is 53.1 Å². The summed E-state index contributed by atoms with van der Waals surface area (Å²) in [6.45, 7) is 8.61. The van der Waals surface area contributed by atoms with E-state index in [0.29, 0.717) is 11.6 Å². The van der Waals surface area contributed by atoms with Crippen LogP contribution in [0.2, 0.25) is 0 Å². The van der Waals surface area contributed by atoms with Gasteiger partial charge in [-0.15, -0.1) is 0 Å². The molecule has 0 bridgehead atoms. The van der Waals surface area contributed by atoms with Gasteiger partial charge in [0.1, 0.15) is 5.82 Å². The van der Waals surface area contributed by atoms with Crippen LogP contribution in [0.5, 0.6) is 0 Å². The first-order valence-electron chi connectivity index (χ1n) is 7.08. The number of piperazine rings is 1. The first kappa shape index (κ1) is 14.6. The zero-order chi connectivity index (χ0) is 14.5. The standard InChI is InChI=1S/C14H23N5O/c1-3-11(2)18-6-8-19(9-7-18)13-5-4-12(10-16-13)14(15)17-20/h4-5,10-11,20H,3,6-9H2,1-2H3,(H2,15,17). The molecule has 1 fully saturated rings. The fraction of sp³-hybridized carbons (Fsp3) is 0.571. The first-order valence-corrected chi connectivity index (χ1v) is 7.08. The second kappa shape index (κ2) is 6.56. The van der Waals surface area contributed by atoms with E-state index in [-0.39, 0.29) is 5.84 Å². The predicted molar refractivity (Wildman–Crippen MR) is 80.3 cm³/mol. The van der Waals surface area contributed by atoms with Crippen LogP contribution in [0, 0.1) is 0 Å². The Balaban J connectivity index is 1.97. The number of anilines is 1. The summed E-state index contributed by atoms with van der Waals surface area (Å²) in [6, 6.07) is 4.40. The van der Waals surface area contributed by atoms with Crippen LogP contribution < -0.4 is 10.6 Å². The molecule has 110 valence electrons. The van der Waals surface area contributed by atoms with Gasteiger partial charge in [0.2, 0.25) is 0 Å². The van der Waals surface area contributed by atoms with Crippen molar-refractivity contribution >= 4 is 11.7 Å². The highest BCUT2D eigenvalue weighted by Crippen LogP contribution is 2.16. The molecule has 1 atom stereocenters. The maximum atomic E-state index is 8.63. The Morgan fingerprint density at radius 1 is 1.40 bits per heavy atom. The smallest absolute Gasteiger partial charge is 0.171 e.